The summed E-state index contributed by atoms with van der Waals surface area (Å²) in [5.74, 6) is 1.38. The van der Waals surface area contributed by atoms with E-state index in [1.807, 2.05) is 25.8 Å². The standard InChI is InChI=1S/C22H26FN5O2/c1-14-20(15(2)27(3)25-14)22(29)28-12-10-16(11-13-28)4-9-19-24-21(30-26-19)17-5-7-18(23)8-6-17/h5-8,16H,4,9-13H2,1-3H3. The number of rotatable bonds is 5. The van der Waals surface area contributed by atoms with Gasteiger partial charge in [-0.1, -0.05) is 5.16 Å². The molecule has 0 aliphatic carbocycles. The fraction of sp³-hybridized carbons (Fsp3) is 0.455. The Kier molecular flexibility index (Phi) is 5.65. The molecule has 3 heterocycles. The zero-order chi connectivity index (χ0) is 21.3. The van der Waals surface area contributed by atoms with Crippen LogP contribution in [0.2, 0.25) is 0 Å². The summed E-state index contributed by atoms with van der Waals surface area (Å²) in [6.45, 7) is 5.33. The Hall–Kier alpha value is -3.03. The summed E-state index contributed by atoms with van der Waals surface area (Å²) in [6, 6.07) is 6.02. The Morgan fingerprint density at radius 2 is 1.90 bits per heavy atom. The maximum absolute atomic E-state index is 13.1. The van der Waals surface area contributed by atoms with Crippen LogP contribution < -0.4 is 0 Å². The third-order valence-electron chi connectivity index (χ3n) is 5.96. The second-order valence-corrected chi connectivity index (χ2v) is 7.97. The highest BCUT2D eigenvalue weighted by Gasteiger charge is 2.27. The van der Waals surface area contributed by atoms with E-state index in [9.17, 15) is 9.18 Å². The molecule has 0 N–H and O–H groups in total. The van der Waals surface area contributed by atoms with Crippen molar-refractivity contribution in [3.63, 3.8) is 0 Å². The van der Waals surface area contributed by atoms with Gasteiger partial charge in [0.25, 0.3) is 11.8 Å². The lowest BCUT2D eigenvalue weighted by molar-refractivity contribution is 0.0685. The number of nitrogens with zero attached hydrogens (tertiary/aromatic N) is 5. The van der Waals surface area contributed by atoms with Crippen LogP contribution >= 0.6 is 0 Å². The van der Waals surface area contributed by atoms with Crippen LogP contribution in [0.15, 0.2) is 28.8 Å². The van der Waals surface area contributed by atoms with Crippen LogP contribution in [0, 0.1) is 25.6 Å². The second kappa shape index (κ2) is 8.38. The van der Waals surface area contributed by atoms with Crippen molar-refractivity contribution in [2.24, 2.45) is 13.0 Å². The molecule has 4 rings (SSSR count). The van der Waals surface area contributed by atoms with Crippen LogP contribution in [0.3, 0.4) is 0 Å². The smallest absolute Gasteiger partial charge is 0.257 e. The Labute approximate surface area is 174 Å². The van der Waals surface area contributed by atoms with E-state index in [1.54, 1.807) is 16.8 Å². The zero-order valence-corrected chi connectivity index (χ0v) is 17.6. The normalized spacial score (nSPS) is 15.0. The number of benzene rings is 1. The average molecular weight is 411 g/mol. The minimum absolute atomic E-state index is 0.0821. The molecule has 1 fully saturated rings. The molecule has 1 amide bonds. The molecule has 8 heteroatoms. The Balaban J connectivity index is 1.29. The first-order valence-corrected chi connectivity index (χ1v) is 10.3. The van der Waals surface area contributed by atoms with Crippen LogP contribution in [0.1, 0.15) is 46.8 Å². The van der Waals surface area contributed by atoms with Gasteiger partial charge >= 0.3 is 0 Å². The number of carbonyl (C=O) groups is 1. The minimum Gasteiger partial charge on any atom is -0.339 e. The molecular weight excluding hydrogens is 385 g/mol. The van der Waals surface area contributed by atoms with Gasteiger partial charge in [-0.25, -0.2) is 4.39 Å². The van der Waals surface area contributed by atoms with E-state index >= 15 is 0 Å². The number of hydrogen-bond donors (Lipinski definition) is 0. The first kappa shape index (κ1) is 20.3. The number of aryl methyl sites for hydroxylation is 3. The van der Waals surface area contributed by atoms with E-state index in [2.05, 4.69) is 15.2 Å². The SMILES string of the molecule is Cc1nn(C)c(C)c1C(=O)N1CCC(CCc2noc(-c3ccc(F)cc3)n2)CC1. The van der Waals surface area contributed by atoms with E-state index in [0.29, 0.717) is 23.2 Å². The number of aromatic nitrogens is 4. The van der Waals surface area contributed by atoms with Gasteiger partial charge in [0, 0.05) is 37.8 Å². The number of amides is 1. The lowest BCUT2D eigenvalue weighted by Crippen LogP contribution is -2.39. The lowest BCUT2D eigenvalue weighted by Gasteiger charge is -2.32. The zero-order valence-electron chi connectivity index (χ0n) is 17.6. The molecule has 0 saturated carbocycles. The third kappa shape index (κ3) is 4.13. The van der Waals surface area contributed by atoms with E-state index in [4.69, 9.17) is 4.52 Å². The number of hydrogen-bond acceptors (Lipinski definition) is 5. The molecule has 1 aliphatic heterocycles. The lowest BCUT2D eigenvalue weighted by atomic mass is 9.91. The van der Waals surface area contributed by atoms with E-state index in [1.165, 1.54) is 12.1 Å². The van der Waals surface area contributed by atoms with Gasteiger partial charge in [-0.3, -0.25) is 9.48 Å². The molecule has 1 aromatic carbocycles. The van der Waals surface area contributed by atoms with Crippen molar-refractivity contribution in [1.82, 2.24) is 24.8 Å². The molecule has 158 valence electrons. The van der Waals surface area contributed by atoms with Gasteiger partial charge in [-0.05, 0) is 63.3 Å². The molecule has 30 heavy (non-hydrogen) atoms. The molecule has 0 atom stereocenters. The number of carbonyl (C=O) groups excluding carboxylic acids is 1. The fourth-order valence-electron chi connectivity index (χ4n) is 4.06. The topological polar surface area (TPSA) is 77.0 Å². The monoisotopic (exact) mass is 411 g/mol. The van der Waals surface area contributed by atoms with Gasteiger partial charge in [-0.15, -0.1) is 0 Å². The van der Waals surface area contributed by atoms with Crippen molar-refractivity contribution in [1.29, 1.82) is 0 Å². The highest BCUT2D eigenvalue weighted by Crippen LogP contribution is 2.25. The van der Waals surface area contributed by atoms with Gasteiger partial charge in [-0.2, -0.15) is 10.1 Å². The summed E-state index contributed by atoms with van der Waals surface area (Å²) in [7, 11) is 1.87. The van der Waals surface area contributed by atoms with E-state index in [-0.39, 0.29) is 11.7 Å². The summed E-state index contributed by atoms with van der Waals surface area (Å²) < 4.78 is 20.1. The first-order chi connectivity index (χ1) is 14.4. The van der Waals surface area contributed by atoms with Crippen LogP contribution in [0.25, 0.3) is 11.5 Å². The molecule has 2 aromatic heterocycles. The quantitative estimate of drug-likeness (QED) is 0.640. The first-order valence-electron chi connectivity index (χ1n) is 10.3. The number of piperidine rings is 1. The van der Waals surface area contributed by atoms with Gasteiger partial charge in [0.05, 0.1) is 11.3 Å². The summed E-state index contributed by atoms with van der Waals surface area (Å²) >= 11 is 0. The predicted octanol–water partition coefficient (Wildman–Crippen LogP) is 3.71. The van der Waals surface area contributed by atoms with Crippen molar-refractivity contribution in [2.75, 3.05) is 13.1 Å². The van der Waals surface area contributed by atoms with Gasteiger partial charge in [0.15, 0.2) is 5.82 Å². The highest BCUT2D eigenvalue weighted by atomic mass is 19.1. The molecule has 7 nitrogen and oxygen atoms in total. The van der Waals surface area contributed by atoms with Crippen molar-refractivity contribution in [3.05, 3.63) is 52.9 Å². The van der Waals surface area contributed by atoms with Crippen molar-refractivity contribution in [3.8, 4) is 11.5 Å². The number of likely N-dealkylation sites (tertiary alicyclic amines) is 1. The fourth-order valence-corrected chi connectivity index (χ4v) is 4.06. The molecular formula is C22H26FN5O2. The van der Waals surface area contributed by atoms with Crippen molar-refractivity contribution < 1.29 is 13.7 Å². The maximum atomic E-state index is 13.1. The molecule has 0 spiro atoms. The average Bonchev–Trinajstić information content (AvgIpc) is 3.31. The summed E-state index contributed by atoms with van der Waals surface area (Å²) in [5, 5.41) is 8.41. The van der Waals surface area contributed by atoms with Crippen LogP contribution in [-0.2, 0) is 13.5 Å². The van der Waals surface area contributed by atoms with Crippen LogP contribution in [-0.4, -0.2) is 43.8 Å². The number of halogens is 1. The Morgan fingerprint density at radius 3 is 2.53 bits per heavy atom. The van der Waals surface area contributed by atoms with Gasteiger partial charge in [0.1, 0.15) is 5.82 Å². The summed E-state index contributed by atoms with van der Waals surface area (Å²) in [4.78, 5) is 19.3. The summed E-state index contributed by atoms with van der Waals surface area (Å²) in [6.07, 6.45) is 3.61. The highest BCUT2D eigenvalue weighted by molar-refractivity contribution is 5.96. The van der Waals surface area contributed by atoms with Crippen LogP contribution in [0.4, 0.5) is 4.39 Å². The Bertz CT molecular complexity index is 1030. The molecule has 3 aromatic rings. The van der Waals surface area contributed by atoms with Crippen molar-refractivity contribution in [2.45, 2.75) is 39.5 Å². The van der Waals surface area contributed by atoms with E-state index < -0.39 is 0 Å². The molecule has 0 unspecified atom stereocenters. The Morgan fingerprint density at radius 1 is 1.20 bits per heavy atom. The molecule has 0 bridgehead atoms. The third-order valence-corrected chi connectivity index (χ3v) is 5.96. The van der Waals surface area contributed by atoms with Gasteiger partial charge in [0.2, 0.25) is 0 Å². The van der Waals surface area contributed by atoms with Crippen molar-refractivity contribution >= 4 is 5.91 Å². The second-order valence-electron chi connectivity index (χ2n) is 7.97. The van der Waals surface area contributed by atoms with Gasteiger partial charge < -0.3 is 9.42 Å². The molecule has 1 aliphatic rings. The summed E-state index contributed by atoms with van der Waals surface area (Å²) in [5.41, 5.74) is 3.14. The van der Waals surface area contributed by atoms with E-state index in [0.717, 1.165) is 55.7 Å². The predicted molar refractivity (Wildman–Crippen MR) is 109 cm³/mol. The maximum Gasteiger partial charge on any atom is 0.257 e. The minimum atomic E-state index is -0.294. The largest absolute Gasteiger partial charge is 0.339 e. The van der Waals surface area contributed by atoms with Crippen LogP contribution in [0.5, 0.6) is 0 Å². The molecule has 1 saturated heterocycles. The molecule has 0 radical (unpaired) electrons.